The molecule has 8 heteroatoms. The van der Waals surface area contributed by atoms with Gasteiger partial charge in [0.2, 0.25) is 15.9 Å². The fourth-order valence-corrected chi connectivity index (χ4v) is 2.54. The zero-order valence-electron chi connectivity index (χ0n) is 11.1. The average molecular weight is 314 g/mol. The van der Waals surface area contributed by atoms with Gasteiger partial charge in [-0.15, -0.1) is 0 Å². The van der Waals surface area contributed by atoms with E-state index in [0.29, 0.717) is 0 Å². The van der Waals surface area contributed by atoms with Crippen LogP contribution in [0.1, 0.15) is 18.4 Å². The number of nitrogens with two attached hydrogens (primary N) is 1. The first-order chi connectivity index (χ1) is 9.86. The Morgan fingerprint density at radius 2 is 2.14 bits per heavy atom. The zero-order valence-corrected chi connectivity index (χ0v) is 11.9. The second-order valence-corrected chi connectivity index (χ2v) is 5.84. The van der Waals surface area contributed by atoms with E-state index in [1.807, 2.05) is 0 Å². The Hall–Kier alpha value is -1.95. The van der Waals surface area contributed by atoms with Crippen molar-refractivity contribution in [3.05, 3.63) is 29.6 Å². The topological polar surface area (TPSA) is 109 Å². The number of hydrogen-bond donors (Lipinski definition) is 3. The molecule has 0 atom stereocenters. The summed E-state index contributed by atoms with van der Waals surface area (Å²) in [5.41, 5.74) is 4.93. The standard InChI is InChI=1S/C13H15FN2O4S/c14-12-9-11(6-5-10(12)3-2-8-17)21(19,20)16-7-1-4-13(15)18/h5-6,9,16-17H,1,4,7-8H2,(H2,15,18). The summed E-state index contributed by atoms with van der Waals surface area (Å²) in [7, 11) is -3.86. The number of nitrogens with one attached hydrogen (secondary N) is 1. The van der Waals surface area contributed by atoms with Crippen LogP contribution < -0.4 is 10.5 Å². The monoisotopic (exact) mass is 314 g/mol. The largest absolute Gasteiger partial charge is 0.384 e. The molecule has 0 aliphatic rings. The lowest BCUT2D eigenvalue weighted by molar-refractivity contribution is -0.118. The molecule has 1 aromatic rings. The lowest BCUT2D eigenvalue weighted by Crippen LogP contribution is -2.26. The molecule has 114 valence electrons. The van der Waals surface area contributed by atoms with E-state index in [4.69, 9.17) is 10.8 Å². The molecule has 0 saturated heterocycles. The van der Waals surface area contributed by atoms with Gasteiger partial charge in [-0.25, -0.2) is 17.5 Å². The first-order valence-corrected chi connectivity index (χ1v) is 7.52. The average Bonchev–Trinajstić information content (AvgIpc) is 2.42. The van der Waals surface area contributed by atoms with Gasteiger partial charge in [-0.2, -0.15) is 0 Å². The number of halogens is 1. The highest BCUT2D eigenvalue weighted by molar-refractivity contribution is 7.89. The van der Waals surface area contributed by atoms with Crippen molar-refractivity contribution in [1.82, 2.24) is 4.72 Å². The number of benzene rings is 1. The normalized spacial score (nSPS) is 10.8. The predicted molar refractivity (Wildman–Crippen MR) is 74.0 cm³/mol. The molecule has 0 aliphatic heterocycles. The van der Waals surface area contributed by atoms with Gasteiger partial charge in [-0.3, -0.25) is 4.79 Å². The highest BCUT2D eigenvalue weighted by Crippen LogP contribution is 2.14. The molecular weight excluding hydrogens is 299 g/mol. The third kappa shape index (κ3) is 5.51. The Kier molecular flexibility index (Phi) is 6.30. The fraction of sp³-hybridized carbons (Fsp3) is 0.308. The summed E-state index contributed by atoms with van der Waals surface area (Å²) in [5.74, 6) is 3.32. The molecule has 1 amide bonds. The number of carbonyl (C=O) groups is 1. The summed E-state index contributed by atoms with van der Waals surface area (Å²) in [6.07, 6.45) is 0.323. The predicted octanol–water partition coefficient (Wildman–Crippen LogP) is -0.287. The van der Waals surface area contributed by atoms with Crippen molar-refractivity contribution in [2.75, 3.05) is 13.2 Å². The maximum absolute atomic E-state index is 13.7. The van der Waals surface area contributed by atoms with Gasteiger partial charge in [0.25, 0.3) is 0 Å². The molecule has 0 bridgehead atoms. The molecule has 1 rings (SSSR count). The van der Waals surface area contributed by atoms with E-state index in [-0.39, 0.29) is 29.8 Å². The van der Waals surface area contributed by atoms with Gasteiger partial charge in [-0.05, 0) is 24.6 Å². The molecular formula is C13H15FN2O4S. The second kappa shape index (κ2) is 7.73. The summed E-state index contributed by atoms with van der Waals surface area (Å²) in [4.78, 5) is 10.3. The van der Waals surface area contributed by atoms with Crippen LogP contribution in [0.3, 0.4) is 0 Å². The van der Waals surface area contributed by atoms with E-state index in [9.17, 15) is 17.6 Å². The summed E-state index contributed by atoms with van der Waals surface area (Å²) in [6.45, 7) is -0.389. The minimum atomic E-state index is -3.86. The van der Waals surface area contributed by atoms with Crippen LogP contribution in [-0.4, -0.2) is 32.6 Å². The molecule has 0 saturated carbocycles. The summed E-state index contributed by atoms with van der Waals surface area (Å²) < 4.78 is 39.7. The van der Waals surface area contributed by atoms with E-state index in [1.165, 1.54) is 12.1 Å². The van der Waals surface area contributed by atoms with Crippen LogP contribution in [-0.2, 0) is 14.8 Å². The summed E-state index contributed by atoms with van der Waals surface area (Å²) in [6, 6.07) is 3.27. The van der Waals surface area contributed by atoms with Crippen molar-refractivity contribution < 1.29 is 22.7 Å². The van der Waals surface area contributed by atoms with Gasteiger partial charge in [-0.1, -0.05) is 11.8 Å². The third-order valence-corrected chi connectivity index (χ3v) is 3.90. The van der Waals surface area contributed by atoms with Gasteiger partial charge < -0.3 is 10.8 Å². The lowest BCUT2D eigenvalue weighted by Gasteiger charge is -2.06. The third-order valence-electron chi connectivity index (χ3n) is 2.45. The number of sulfonamides is 1. The van der Waals surface area contributed by atoms with E-state index < -0.39 is 28.4 Å². The molecule has 21 heavy (non-hydrogen) atoms. The summed E-state index contributed by atoms with van der Waals surface area (Å²) in [5, 5.41) is 8.53. The zero-order chi connectivity index (χ0) is 15.9. The molecule has 0 heterocycles. The number of aliphatic hydroxyl groups excluding tert-OH is 1. The number of carbonyl (C=O) groups excluding carboxylic acids is 1. The lowest BCUT2D eigenvalue weighted by atomic mass is 10.2. The van der Waals surface area contributed by atoms with Crippen LogP contribution in [0.2, 0.25) is 0 Å². The number of primary amides is 1. The maximum atomic E-state index is 13.7. The number of aliphatic hydroxyl groups is 1. The van der Waals surface area contributed by atoms with Crippen molar-refractivity contribution >= 4 is 15.9 Å². The van der Waals surface area contributed by atoms with Gasteiger partial charge in [0, 0.05) is 13.0 Å². The molecule has 0 fully saturated rings. The van der Waals surface area contributed by atoms with Gasteiger partial charge in [0.15, 0.2) is 0 Å². The molecule has 0 spiro atoms. The quantitative estimate of drug-likeness (QED) is 0.495. The Bertz CT molecular complexity index is 677. The molecule has 0 radical (unpaired) electrons. The van der Waals surface area contributed by atoms with Gasteiger partial charge in [0.05, 0.1) is 10.5 Å². The van der Waals surface area contributed by atoms with Crippen LogP contribution in [0, 0.1) is 17.7 Å². The van der Waals surface area contributed by atoms with E-state index in [0.717, 1.165) is 6.07 Å². The van der Waals surface area contributed by atoms with Crippen molar-refractivity contribution in [3.8, 4) is 11.8 Å². The maximum Gasteiger partial charge on any atom is 0.240 e. The highest BCUT2D eigenvalue weighted by Gasteiger charge is 2.15. The van der Waals surface area contributed by atoms with Crippen LogP contribution in [0.15, 0.2) is 23.1 Å². The Morgan fingerprint density at radius 3 is 2.71 bits per heavy atom. The molecule has 0 aromatic heterocycles. The van der Waals surface area contributed by atoms with E-state index >= 15 is 0 Å². The van der Waals surface area contributed by atoms with E-state index in [2.05, 4.69) is 16.6 Å². The van der Waals surface area contributed by atoms with E-state index in [1.54, 1.807) is 0 Å². The number of hydrogen-bond acceptors (Lipinski definition) is 4. The van der Waals surface area contributed by atoms with Crippen molar-refractivity contribution in [2.24, 2.45) is 5.73 Å². The Balaban J connectivity index is 2.79. The van der Waals surface area contributed by atoms with Crippen LogP contribution in [0.25, 0.3) is 0 Å². The molecule has 6 nitrogen and oxygen atoms in total. The number of rotatable bonds is 6. The highest BCUT2D eigenvalue weighted by atomic mass is 32.2. The van der Waals surface area contributed by atoms with Crippen LogP contribution in [0.4, 0.5) is 4.39 Å². The first kappa shape index (κ1) is 17.1. The smallest absolute Gasteiger partial charge is 0.240 e. The Morgan fingerprint density at radius 1 is 1.43 bits per heavy atom. The van der Waals surface area contributed by atoms with Crippen LogP contribution >= 0.6 is 0 Å². The minimum Gasteiger partial charge on any atom is -0.384 e. The van der Waals surface area contributed by atoms with Crippen LogP contribution in [0.5, 0.6) is 0 Å². The van der Waals surface area contributed by atoms with Gasteiger partial charge >= 0.3 is 0 Å². The molecule has 0 aliphatic carbocycles. The fourth-order valence-electron chi connectivity index (χ4n) is 1.45. The minimum absolute atomic E-state index is 0.00303. The Labute approximate surface area is 122 Å². The van der Waals surface area contributed by atoms with Crippen molar-refractivity contribution in [1.29, 1.82) is 0 Å². The first-order valence-electron chi connectivity index (χ1n) is 6.04. The van der Waals surface area contributed by atoms with Crippen molar-refractivity contribution in [3.63, 3.8) is 0 Å². The van der Waals surface area contributed by atoms with Gasteiger partial charge in [0.1, 0.15) is 12.4 Å². The summed E-state index contributed by atoms with van der Waals surface area (Å²) >= 11 is 0. The molecule has 1 aromatic carbocycles. The SMILES string of the molecule is NC(=O)CCCNS(=O)(=O)c1ccc(C#CCO)c(F)c1. The van der Waals surface area contributed by atoms with Crippen molar-refractivity contribution in [2.45, 2.75) is 17.7 Å². The second-order valence-electron chi connectivity index (χ2n) is 4.07. The molecule has 4 N–H and O–H groups in total. The molecule has 0 unspecified atom stereocenters. The number of amides is 1.